The van der Waals surface area contributed by atoms with Crippen molar-refractivity contribution in [1.29, 1.82) is 0 Å². The molecule has 2 rings (SSSR count). The lowest BCUT2D eigenvalue weighted by Crippen LogP contribution is -2.15. The smallest absolute Gasteiger partial charge is 0.308 e. The lowest BCUT2D eigenvalue weighted by Gasteiger charge is -2.03. The Kier molecular flexibility index (Phi) is 3.02. The van der Waals surface area contributed by atoms with Crippen LogP contribution in [-0.4, -0.2) is 15.6 Å². The Morgan fingerprint density at radius 2 is 2.00 bits per heavy atom. The van der Waals surface area contributed by atoms with Crippen LogP contribution in [0.1, 0.15) is 17.5 Å². The molecule has 0 bridgehead atoms. The minimum atomic E-state index is -0.889. The van der Waals surface area contributed by atoms with Crippen LogP contribution in [0.2, 0.25) is 0 Å². The first-order valence-corrected chi connectivity index (χ1v) is 6.13. The van der Waals surface area contributed by atoms with E-state index in [-0.39, 0.29) is 17.8 Å². The number of aromatic nitrogens is 1. The molecule has 0 unspecified atom stereocenters. The molecular formula is C12H13NO3S. The lowest BCUT2D eigenvalue weighted by molar-refractivity contribution is -0.137. The molecule has 0 saturated carbocycles. The maximum atomic E-state index is 11.8. The molecule has 1 aromatic carbocycles. The molecule has 1 heterocycles. The second-order valence-electron chi connectivity index (χ2n) is 4.07. The van der Waals surface area contributed by atoms with Crippen LogP contribution < -0.4 is 4.87 Å². The second kappa shape index (κ2) is 4.33. The van der Waals surface area contributed by atoms with Gasteiger partial charge in [0.25, 0.3) is 0 Å². The van der Waals surface area contributed by atoms with E-state index in [0.717, 1.165) is 21.3 Å². The predicted molar refractivity (Wildman–Crippen MR) is 67.8 cm³/mol. The largest absolute Gasteiger partial charge is 0.481 e. The van der Waals surface area contributed by atoms with Gasteiger partial charge in [0.15, 0.2) is 0 Å². The summed E-state index contributed by atoms with van der Waals surface area (Å²) in [6.07, 6.45) is -0.0291. The first kappa shape index (κ1) is 11.9. The maximum Gasteiger partial charge on any atom is 0.308 e. The number of thiazole rings is 1. The third-order valence-electron chi connectivity index (χ3n) is 2.83. The molecule has 2 aromatic rings. The minimum Gasteiger partial charge on any atom is -0.481 e. The van der Waals surface area contributed by atoms with E-state index >= 15 is 0 Å². The van der Waals surface area contributed by atoms with E-state index in [4.69, 9.17) is 5.11 Å². The Balaban J connectivity index is 2.54. The van der Waals surface area contributed by atoms with Crippen LogP contribution in [0.15, 0.2) is 16.9 Å². The van der Waals surface area contributed by atoms with Gasteiger partial charge in [0.05, 0.1) is 16.6 Å². The predicted octanol–water partition coefficient (Wildman–Crippen LogP) is 2.15. The van der Waals surface area contributed by atoms with Crippen molar-refractivity contribution in [3.63, 3.8) is 0 Å². The summed E-state index contributed by atoms with van der Waals surface area (Å²) in [5.74, 6) is -0.889. The highest BCUT2D eigenvalue weighted by atomic mass is 32.1. The molecule has 0 aliphatic carbocycles. The van der Waals surface area contributed by atoms with Crippen LogP contribution in [-0.2, 0) is 11.3 Å². The van der Waals surface area contributed by atoms with Crippen molar-refractivity contribution >= 4 is 27.5 Å². The van der Waals surface area contributed by atoms with E-state index < -0.39 is 5.97 Å². The monoisotopic (exact) mass is 251 g/mol. The van der Waals surface area contributed by atoms with E-state index in [1.165, 1.54) is 11.3 Å². The van der Waals surface area contributed by atoms with Crippen molar-refractivity contribution in [3.8, 4) is 0 Å². The van der Waals surface area contributed by atoms with Crippen molar-refractivity contribution in [2.24, 2.45) is 0 Å². The molecule has 17 heavy (non-hydrogen) atoms. The van der Waals surface area contributed by atoms with Gasteiger partial charge < -0.3 is 5.11 Å². The van der Waals surface area contributed by atoms with Gasteiger partial charge >= 0.3 is 10.8 Å². The third-order valence-corrected chi connectivity index (χ3v) is 3.77. The Morgan fingerprint density at radius 3 is 2.65 bits per heavy atom. The van der Waals surface area contributed by atoms with Crippen LogP contribution in [0.3, 0.4) is 0 Å². The highest BCUT2D eigenvalue weighted by Crippen LogP contribution is 2.21. The number of rotatable bonds is 3. The number of nitrogens with zero attached hydrogens (tertiary/aromatic N) is 1. The maximum absolute atomic E-state index is 11.8. The van der Waals surface area contributed by atoms with Crippen LogP contribution in [0, 0.1) is 13.8 Å². The zero-order valence-electron chi connectivity index (χ0n) is 9.69. The number of hydrogen-bond donors (Lipinski definition) is 1. The van der Waals surface area contributed by atoms with Gasteiger partial charge in [-0.25, -0.2) is 0 Å². The number of aryl methyl sites for hydroxylation is 3. The van der Waals surface area contributed by atoms with E-state index in [1.54, 1.807) is 4.57 Å². The van der Waals surface area contributed by atoms with Crippen LogP contribution in [0.25, 0.3) is 10.2 Å². The van der Waals surface area contributed by atoms with Gasteiger partial charge in [-0.15, -0.1) is 0 Å². The molecule has 0 amide bonds. The summed E-state index contributed by atoms with van der Waals surface area (Å²) in [7, 11) is 0. The summed E-state index contributed by atoms with van der Waals surface area (Å²) in [6.45, 7) is 4.22. The Bertz CT molecular complexity index is 639. The normalized spacial score (nSPS) is 10.9. The average molecular weight is 251 g/mol. The Hall–Kier alpha value is -1.62. The molecule has 4 nitrogen and oxygen atoms in total. The summed E-state index contributed by atoms with van der Waals surface area (Å²) < 4.78 is 2.46. The van der Waals surface area contributed by atoms with Gasteiger partial charge in [-0.05, 0) is 37.1 Å². The van der Waals surface area contributed by atoms with E-state index in [0.29, 0.717) is 0 Å². The van der Waals surface area contributed by atoms with E-state index in [1.807, 2.05) is 26.0 Å². The highest BCUT2D eigenvalue weighted by Gasteiger charge is 2.10. The molecule has 0 atom stereocenters. The Morgan fingerprint density at radius 1 is 1.35 bits per heavy atom. The standard InChI is InChI=1S/C12H13NO3S/c1-7-5-9-10(6-8(7)2)17-12(16)13(9)4-3-11(14)15/h5-6H,3-4H2,1-2H3,(H,14,15). The molecule has 0 radical (unpaired) electrons. The van der Waals surface area contributed by atoms with Gasteiger partial charge in [0, 0.05) is 6.54 Å². The topological polar surface area (TPSA) is 59.3 Å². The summed E-state index contributed by atoms with van der Waals surface area (Å²) in [5.41, 5.74) is 3.09. The molecular weight excluding hydrogens is 238 g/mol. The first-order chi connectivity index (χ1) is 7.99. The number of carboxylic acid groups (broad SMARTS) is 1. The molecule has 0 spiro atoms. The molecule has 0 fully saturated rings. The third kappa shape index (κ3) is 2.24. The van der Waals surface area contributed by atoms with Crippen molar-refractivity contribution in [3.05, 3.63) is 32.9 Å². The molecule has 0 aliphatic heterocycles. The SMILES string of the molecule is Cc1cc2sc(=O)n(CCC(=O)O)c2cc1C. The summed E-state index contributed by atoms with van der Waals surface area (Å²) in [6, 6.07) is 3.93. The summed E-state index contributed by atoms with van der Waals surface area (Å²) in [5, 5.41) is 8.66. The average Bonchev–Trinajstić information content (AvgIpc) is 2.52. The van der Waals surface area contributed by atoms with Crippen LogP contribution >= 0.6 is 11.3 Å². The molecule has 0 aliphatic rings. The number of benzene rings is 1. The fraction of sp³-hybridized carbons (Fsp3) is 0.333. The van der Waals surface area contributed by atoms with Crippen molar-refractivity contribution in [2.75, 3.05) is 0 Å². The Labute approximate surface area is 102 Å². The molecule has 90 valence electrons. The first-order valence-electron chi connectivity index (χ1n) is 5.31. The fourth-order valence-electron chi connectivity index (χ4n) is 1.73. The van der Waals surface area contributed by atoms with E-state index in [9.17, 15) is 9.59 Å². The fourth-order valence-corrected chi connectivity index (χ4v) is 2.73. The zero-order valence-corrected chi connectivity index (χ0v) is 10.5. The van der Waals surface area contributed by atoms with Gasteiger partial charge in [-0.2, -0.15) is 0 Å². The number of carboxylic acids is 1. The lowest BCUT2D eigenvalue weighted by atomic mass is 10.1. The second-order valence-corrected chi connectivity index (χ2v) is 5.06. The van der Waals surface area contributed by atoms with Gasteiger partial charge in [-0.1, -0.05) is 11.3 Å². The van der Waals surface area contributed by atoms with Crippen molar-refractivity contribution < 1.29 is 9.90 Å². The summed E-state index contributed by atoms with van der Waals surface area (Å²) >= 11 is 1.17. The number of aliphatic carboxylic acids is 1. The summed E-state index contributed by atoms with van der Waals surface area (Å²) in [4.78, 5) is 22.2. The zero-order chi connectivity index (χ0) is 12.6. The van der Waals surface area contributed by atoms with Gasteiger partial charge in [0.2, 0.25) is 0 Å². The molecule has 1 aromatic heterocycles. The van der Waals surface area contributed by atoms with Crippen molar-refractivity contribution in [1.82, 2.24) is 4.57 Å². The minimum absolute atomic E-state index is 0.0291. The van der Waals surface area contributed by atoms with Crippen LogP contribution in [0.4, 0.5) is 0 Å². The van der Waals surface area contributed by atoms with Crippen molar-refractivity contribution in [2.45, 2.75) is 26.8 Å². The number of fused-ring (bicyclic) bond motifs is 1. The highest BCUT2D eigenvalue weighted by molar-refractivity contribution is 7.16. The molecule has 0 saturated heterocycles. The number of hydrogen-bond acceptors (Lipinski definition) is 3. The molecule has 1 N–H and O–H groups in total. The van der Waals surface area contributed by atoms with Gasteiger partial charge in [0.1, 0.15) is 0 Å². The van der Waals surface area contributed by atoms with Gasteiger partial charge in [-0.3, -0.25) is 14.2 Å². The number of carbonyl (C=O) groups is 1. The van der Waals surface area contributed by atoms with Crippen LogP contribution in [0.5, 0.6) is 0 Å². The van der Waals surface area contributed by atoms with E-state index in [2.05, 4.69) is 0 Å². The quantitative estimate of drug-likeness (QED) is 0.909. The molecule has 5 heteroatoms.